The van der Waals surface area contributed by atoms with E-state index in [0.717, 1.165) is 51.9 Å². The Morgan fingerprint density at radius 2 is 2.12 bits per heavy atom. The Labute approximate surface area is 153 Å². The minimum absolute atomic E-state index is 0.0203. The zero-order valence-electron chi connectivity index (χ0n) is 15.5. The number of carbonyl (C=O) groups is 2. The number of nitrogens with one attached hydrogen (secondary N) is 1. The monoisotopic (exact) mass is 364 g/mol. The molecule has 144 valence electrons. The average molecular weight is 364 g/mol. The SMILES string of the molecule is CCCN1CC2(CCN(C)CC2)CC1C(=O)NCc1nc(C(N)=O)no1. The van der Waals surface area contributed by atoms with E-state index in [4.69, 9.17) is 10.3 Å². The molecule has 2 amide bonds. The third-order valence-corrected chi connectivity index (χ3v) is 5.57. The smallest absolute Gasteiger partial charge is 0.290 e. The largest absolute Gasteiger partial charge is 0.363 e. The fourth-order valence-electron chi connectivity index (χ4n) is 4.09. The Morgan fingerprint density at radius 3 is 2.73 bits per heavy atom. The molecule has 2 saturated heterocycles. The van der Waals surface area contributed by atoms with Gasteiger partial charge in [-0.3, -0.25) is 14.5 Å². The van der Waals surface area contributed by atoms with E-state index in [1.165, 1.54) is 0 Å². The molecule has 9 nitrogen and oxygen atoms in total. The zero-order valence-corrected chi connectivity index (χ0v) is 15.5. The number of rotatable bonds is 6. The highest BCUT2D eigenvalue weighted by molar-refractivity contribution is 5.88. The molecule has 2 aliphatic rings. The number of nitrogens with two attached hydrogens (primary N) is 1. The summed E-state index contributed by atoms with van der Waals surface area (Å²) in [6, 6.07) is -0.128. The van der Waals surface area contributed by atoms with Crippen molar-refractivity contribution >= 4 is 11.8 Å². The maximum absolute atomic E-state index is 12.8. The summed E-state index contributed by atoms with van der Waals surface area (Å²) in [6.45, 7) is 6.32. The van der Waals surface area contributed by atoms with Gasteiger partial charge in [0.05, 0.1) is 12.6 Å². The minimum Gasteiger partial charge on any atom is -0.363 e. The van der Waals surface area contributed by atoms with Crippen LogP contribution in [-0.2, 0) is 11.3 Å². The molecule has 3 rings (SSSR count). The van der Waals surface area contributed by atoms with Crippen LogP contribution in [0.5, 0.6) is 0 Å². The van der Waals surface area contributed by atoms with Crippen LogP contribution in [0.1, 0.15) is 49.1 Å². The van der Waals surface area contributed by atoms with Crippen molar-refractivity contribution in [3.05, 3.63) is 11.7 Å². The summed E-state index contributed by atoms with van der Waals surface area (Å²) in [5, 5.41) is 6.36. The van der Waals surface area contributed by atoms with Gasteiger partial charge in [0.2, 0.25) is 11.8 Å². The molecule has 3 N–H and O–H groups in total. The molecule has 9 heteroatoms. The number of carbonyl (C=O) groups excluding carboxylic acids is 2. The van der Waals surface area contributed by atoms with E-state index >= 15 is 0 Å². The van der Waals surface area contributed by atoms with Gasteiger partial charge in [-0.2, -0.15) is 4.98 Å². The van der Waals surface area contributed by atoms with Gasteiger partial charge < -0.3 is 20.5 Å². The second-order valence-corrected chi connectivity index (χ2v) is 7.59. The van der Waals surface area contributed by atoms with Gasteiger partial charge in [0, 0.05) is 6.54 Å². The number of aromatic nitrogens is 2. The van der Waals surface area contributed by atoms with Crippen molar-refractivity contribution < 1.29 is 14.1 Å². The first-order chi connectivity index (χ1) is 12.4. The molecule has 0 aromatic carbocycles. The summed E-state index contributed by atoms with van der Waals surface area (Å²) < 4.78 is 4.94. The van der Waals surface area contributed by atoms with Crippen molar-refractivity contribution in [2.45, 2.75) is 45.2 Å². The number of primary amides is 1. The van der Waals surface area contributed by atoms with Crippen molar-refractivity contribution in [3.63, 3.8) is 0 Å². The van der Waals surface area contributed by atoms with Crippen molar-refractivity contribution in [1.29, 1.82) is 0 Å². The highest BCUT2D eigenvalue weighted by Gasteiger charge is 2.47. The van der Waals surface area contributed by atoms with Crippen molar-refractivity contribution in [2.75, 3.05) is 33.2 Å². The zero-order chi connectivity index (χ0) is 18.7. The van der Waals surface area contributed by atoms with Gasteiger partial charge in [0.25, 0.3) is 11.7 Å². The van der Waals surface area contributed by atoms with Crippen LogP contribution in [0.15, 0.2) is 4.52 Å². The summed E-state index contributed by atoms with van der Waals surface area (Å²) in [7, 11) is 2.15. The molecule has 0 bridgehead atoms. The third-order valence-electron chi connectivity index (χ3n) is 5.57. The molecule has 1 aromatic rings. The molecule has 0 saturated carbocycles. The molecule has 1 atom stereocenters. The molecule has 26 heavy (non-hydrogen) atoms. The second-order valence-electron chi connectivity index (χ2n) is 7.59. The molecule has 0 aliphatic carbocycles. The highest BCUT2D eigenvalue weighted by Crippen LogP contribution is 2.43. The fraction of sp³-hybridized carbons (Fsp3) is 0.765. The van der Waals surface area contributed by atoms with Crippen LogP contribution >= 0.6 is 0 Å². The Morgan fingerprint density at radius 1 is 1.38 bits per heavy atom. The molecular formula is C17H28N6O3. The third kappa shape index (κ3) is 4.04. The molecule has 0 radical (unpaired) electrons. The first-order valence-electron chi connectivity index (χ1n) is 9.25. The number of nitrogens with zero attached hydrogens (tertiary/aromatic N) is 4. The molecule has 2 fully saturated rings. The Kier molecular flexibility index (Phi) is 5.57. The fourth-order valence-corrected chi connectivity index (χ4v) is 4.09. The van der Waals surface area contributed by atoms with Crippen molar-refractivity contribution in [1.82, 2.24) is 25.3 Å². The number of likely N-dealkylation sites (tertiary alicyclic amines) is 2. The standard InChI is InChI=1S/C17H28N6O3/c1-3-6-23-11-17(4-7-22(2)8-5-17)9-12(23)16(25)19-10-13-20-15(14(18)24)21-26-13/h12H,3-11H2,1-2H3,(H2,18,24)(H,19,25). The molecule has 1 unspecified atom stereocenters. The Hall–Kier alpha value is -2.00. The molecule has 3 heterocycles. The lowest BCUT2D eigenvalue weighted by Gasteiger charge is -2.37. The van der Waals surface area contributed by atoms with Crippen LogP contribution in [0, 0.1) is 5.41 Å². The van der Waals surface area contributed by atoms with Crippen molar-refractivity contribution in [2.24, 2.45) is 11.1 Å². The lowest BCUT2D eigenvalue weighted by atomic mass is 9.76. The van der Waals surface area contributed by atoms with Crippen LogP contribution in [0.3, 0.4) is 0 Å². The van der Waals surface area contributed by atoms with Crippen LogP contribution < -0.4 is 11.1 Å². The first kappa shape index (κ1) is 18.8. The summed E-state index contributed by atoms with van der Waals surface area (Å²) in [5.74, 6) is -0.761. The van der Waals surface area contributed by atoms with E-state index in [2.05, 4.69) is 39.2 Å². The van der Waals surface area contributed by atoms with E-state index in [1.807, 2.05) is 0 Å². The number of piperidine rings is 1. The van der Waals surface area contributed by atoms with Gasteiger partial charge >= 0.3 is 0 Å². The van der Waals surface area contributed by atoms with Gasteiger partial charge in [-0.05, 0) is 57.8 Å². The predicted molar refractivity (Wildman–Crippen MR) is 94.1 cm³/mol. The van der Waals surface area contributed by atoms with Gasteiger partial charge in [-0.25, -0.2) is 0 Å². The van der Waals surface area contributed by atoms with Gasteiger partial charge in [-0.1, -0.05) is 12.1 Å². The maximum Gasteiger partial charge on any atom is 0.290 e. The van der Waals surface area contributed by atoms with Crippen LogP contribution in [0.25, 0.3) is 0 Å². The molecular weight excluding hydrogens is 336 g/mol. The summed E-state index contributed by atoms with van der Waals surface area (Å²) in [4.78, 5) is 32.3. The van der Waals surface area contributed by atoms with Gasteiger partial charge in [0.15, 0.2) is 0 Å². The minimum atomic E-state index is -0.750. The average Bonchev–Trinajstić information content (AvgIpc) is 3.22. The van der Waals surface area contributed by atoms with E-state index in [9.17, 15) is 9.59 Å². The maximum atomic E-state index is 12.8. The number of hydrogen-bond acceptors (Lipinski definition) is 7. The van der Waals surface area contributed by atoms with Gasteiger partial charge in [-0.15, -0.1) is 0 Å². The number of amides is 2. The van der Waals surface area contributed by atoms with Gasteiger partial charge in [0.1, 0.15) is 0 Å². The van der Waals surface area contributed by atoms with E-state index < -0.39 is 5.91 Å². The van der Waals surface area contributed by atoms with Crippen molar-refractivity contribution in [3.8, 4) is 0 Å². The lowest BCUT2D eigenvalue weighted by molar-refractivity contribution is -0.125. The summed E-state index contributed by atoms with van der Waals surface area (Å²) in [5.41, 5.74) is 5.35. The summed E-state index contributed by atoms with van der Waals surface area (Å²) >= 11 is 0. The van der Waals surface area contributed by atoms with E-state index in [0.29, 0.717) is 0 Å². The lowest BCUT2D eigenvalue weighted by Crippen LogP contribution is -2.43. The van der Waals surface area contributed by atoms with Crippen LogP contribution in [0.2, 0.25) is 0 Å². The Balaban J connectivity index is 1.61. The topological polar surface area (TPSA) is 118 Å². The first-order valence-corrected chi connectivity index (χ1v) is 9.25. The van der Waals surface area contributed by atoms with Crippen LogP contribution in [0.4, 0.5) is 0 Å². The normalized spacial score (nSPS) is 23.4. The van der Waals surface area contributed by atoms with E-state index in [1.54, 1.807) is 0 Å². The van der Waals surface area contributed by atoms with Crippen LogP contribution in [-0.4, -0.2) is 71.0 Å². The highest BCUT2D eigenvalue weighted by atomic mass is 16.5. The Bertz CT molecular complexity index is 653. The second kappa shape index (κ2) is 7.71. The molecule has 2 aliphatic heterocycles. The predicted octanol–water partition coefficient (Wildman–Crippen LogP) is -0.0190. The van der Waals surface area contributed by atoms with E-state index in [-0.39, 0.29) is 35.6 Å². The molecule has 1 aromatic heterocycles. The number of hydrogen-bond donors (Lipinski definition) is 2. The summed E-state index contributed by atoms with van der Waals surface area (Å²) in [6.07, 6.45) is 4.19. The molecule has 1 spiro atoms. The quantitative estimate of drug-likeness (QED) is 0.728.